The molecule has 1 atom stereocenters. The zero-order valence-electron chi connectivity index (χ0n) is 11.8. The molecule has 4 N–H and O–H groups in total. The van der Waals surface area contributed by atoms with E-state index >= 15 is 0 Å². The van der Waals surface area contributed by atoms with Gasteiger partial charge in [-0.2, -0.15) is 0 Å². The molecule has 1 unspecified atom stereocenters. The number of nitrogens with zero attached hydrogens (tertiary/aromatic N) is 3. The summed E-state index contributed by atoms with van der Waals surface area (Å²) in [5.74, 6) is 5.90. The quantitative estimate of drug-likeness (QED) is 0.430. The molecule has 0 amide bonds. The maximum Gasteiger partial charge on any atom is 0.269 e. The average Bonchev–Trinajstić information content (AvgIpc) is 2.86. The van der Waals surface area contributed by atoms with E-state index in [-0.39, 0.29) is 12.2 Å². The van der Waals surface area contributed by atoms with Gasteiger partial charge in [-0.25, -0.2) is 14.2 Å². The van der Waals surface area contributed by atoms with Crippen molar-refractivity contribution in [2.45, 2.75) is 13.0 Å². The number of hydrogen-bond donors (Lipinski definition) is 2. The van der Waals surface area contributed by atoms with Gasteiger partial charge >= 0.3 is 0 Å². The minimum Gasteiger partial charge on any atom is -0.325 e. The second kappa shape index (κ2) is 7.36. The second-order valence-corrected chi connectivity index (χ2v) is 6.06. The van der Waals surface area contributed by atoms with Gasteiger partial charge in [0, 0.05) is 43.6 Å². The largest absolute Gasteiger partial charge is 0.325 e. The van der Waals surface area contributed by atoms with Crippen LogP contribution in [-0.2, 0) is 17.3 Å². The number of benzene rings is 1. The summed E-state index contributed by atoms with van der Waals surface area (Å²) in [6.45, 7) is 1.19. The Hall–Kier alpha value is -1.94. The van der Waals surface area contributed by atoms with Gasteiger partial charge in [0.25, 0.3) is 5.69 Å². The molecule has 0 saturated heterocycles. The summed E-state index contributed by atoms with van der Waals surface area (Å²) in [7, 11) is -1.21. The van der Waals surface area contributed by atoms with E-state index in [0.29, 0.717) is 30.3 Å². The van der Waals surface area contributed by atoms with Crippen LogP contribution in [0.25, 0.3) is 0 Å². The second-order valence-electron chi connectivity index (χ2n) is 4.76. The van der Waals surface area contributed by atoms with Crippen molar-refractivity contribution in [3.8, 4) is 0 Å². The predicted octanol–water partition coefficient (Wildman–Crippen LogP) is 0.622. The van der Waals surface area contributed by atoms with Crippen LogP contribution in [0.4, 0.5) is 5.69 Å². The lowest BCUT2D eigenvalue weighted by molar-refractivity contribution is -0.384. The van der Waals surface area contributed by atoms with Crippen molar-refractivity contribution in [1.82, 2.24) is 5.01 Å². The summed E-state index contributed by atoms with van der Waals surface area (Å²) in [6.07, 6.45) is 0.482. The molecule has 0 fully saturated rings. The molecule has 0 radical (unpaired) electrons. The fourth-order valence-corrected chi connectivity index (χ4v) is 2.98. The Kier molecular flexibility index (Phi) is 5.50. The fraction of sp³-hybridized carbons (Fsp3) is 0.308. The van der Waals surface area contributed by atoms with Gasteiger partial charge in [0.1, 0.15) is 5.04 Å². The lowest BCUT2D eigenvalue weighted by Crippen LogP contribution is -2.32. The number of nitro benzene ring substituents is 1. The van der Waals surface area contributed by atoms with Gasteiger partial charge in [-0.1, -0.05) is 12.1 Å². The topological polar surface area (TPSA) is 128 Å². The van der Waals surface area contributed by atoms with Crippen LogP contribution in [0.2, 0.25) is 0 Å². The first-order valence-electron chi connectivity index (χ1n) is 6.61. The molecule has 118 valence electrons. The highest BCUT2D eigenvalue weighted by Crippen LogP contribution is 2.14. The minimum atomic E-state index is -1.21. The van der Waals surface area contributed by atoms with Crippen molar-refractivity contribution in [3.05, 3.63) is 51.0 Å². The minimum absolute atomic E-state index is 0.0448. The van der Waals surface area contributed by atoms with Gasteiger partial charge in [0.2, 0.25) is 0 Å². The Morgan fingerprint density at radius 2 is 2.00 bits per heavy atom. The normalized spacial score (nSPS) is 17.5. The zero-order valence-corrected chi connectivity index (χ0v) is 12.7. The summed E-state index contributed by atoms with van der Waals surface area (Å²) in [5.41, 5.74) is 7.00. The average molecular weight is 323 g/mol. The predicted molar refractivity (Wildman–Crippen MR) is 85.0 cm³/mol. The van der Waals surface area contributed by atoms with E-state index in [9.17, 15) is 14.3 Å². The van der Waals surface area contributed by atoms with Gasteiger partial charge in [0.05, 0.1) is 21.4 Å². The maximum atomic E-state index is 11.7. The molecule has 1 aromatic carbocycles. The van der Waals surface area contributed by atoms with Crippen LogP contribution in [-0.4, -0.2) is 32.3 Å². The Morgan fingerprint density at radius 1 is 1.32 bits per heavy atom. The van der Waals surface area contributed by atoms with Crippen LogP contribution in [0, 0.1) is 10.1 Å². The Balaban J connectivity index is 1.85. The smallest absolute Gasteiger partial charge is 0.269 e. The Labute approximate surface area is 130 Å². The van der Waals surface area contributed by atoms with Crippen LogP contribution in [0.3, 0.4) is 0 Å². The number of nitrogens with two attached hydrogens (primary N) is 2. The van der Waals surface area contributed by atoms with E-state index in [0.717, 1.165) is 5.56 Å². The summed E-state index contributed by atoms with van der Waals surface area (Å²) in [5, 5.41) is 14.3. The maximum absolute atomic E-state index is 11.7. The molecule has 8 nitrogen and oxygen atoms in total. The molecule has 0 aromatic heterocycles. The van der Waals surface area contributed by atoms with Gasteiger partial charge < -0.3 is 5.73 Å². The monoisotopic (exact) mass is 323 g/mol. The molecule has 1 aromatic rings. The first kappa shape index (κ1) is 16.4. The molecule has 2 rings (SSSR count). The van der Waals surface area contributed by atoms with E-state index < -0.39 is 15.7 Å². The molecular formula is C13H17N5O3S. The van der Waals surface area contributed by atoms with Crippen LogP contribution >= 0.6 is 0 Å². The highest BCUT2D eigenvalue weighted by atomic mass is 32.2. The van der Waals surface area contributed by atoms with Crippen molar-refractivity contribution >= 4 is 21.5 Å². The van der Waals surface area contributed by atoms with Crippen molar-refractivity contribution < 1.29 is 9.13 Å². The van der Waals surface area contributed by atoms with E-state index in [1.807, 2.05) is 0 Å². The standard InChI is InChI=1S/C13H17N5O3S/c14-7-11-9-22(21)13(16-11)5-6-17(15)8-10-1-3-12(4-2-10)18(19)20/h1-4,9H,5-8,14-15H2. The summed E-state index contributed by atoms with van der Waals surface area (Å²) < 4.78 is 11.7. The van der Waals surface area contributed by atoms with Crippen LogP contribution < -0.4 is 11.6 Å². The van der Waals surface area contributed by atoms with Gasteiger partial charge in [-0.15, -0.1) is 0 Å². The third kappa shape index (κ3) is 4.28. The molecule has 1 aliphatic heterocycles. The highest BCUT2D eigenvalue weighted by Gasteiger charge is 2.16. The Morgan fingerprint density at radius 3 is 2.55 bits per heavy atom. The molecule has 9 heteroatoms. The Bertz CT molecular complexity index is 642. The SMILES string of the molecule is NCC1=CS(=O)C(CCN(N)Cc2ccc([N+](=O)[O-])cc2)=N1. The molecule has 0 spiro atoms. The number of nitro groups is 1. The molecule has 1 heterocycles. The molecule has 22 heavy (non-hydrogen) atoms. The van der Waals surface area contributed by atoms with Gasteiger partial charge in [0.15, 0.2) is 0 Å². The van der Waals surface area contributed by atoms with E-state index in [1.165, 1.54) is 12.1 Å². The third-order valence-electron chi connectivity index (χ3n) is 3.10. The van der Waals surface area contributed by atoms with Gasteiger partial charge in [-0.05, 0) is 5.56 Å². The number of hydrogen-bond acceptors (Lipinski definition) is 7. The van der Waals surface area contributed by atoms with Crippen LogP contribution in [0.15, 0.2) is 40.4 Å². The van der Waals surface area contributed by atoms with E-state index in [4.69, 9.17) is 11.6 Å². The fourth-order valence-electron chi connectivity index (χ4n) is 1.95. The van der Waals surface area contributed by atoms with E-state index in [1.54, 1.807) is 22.5 Å². The van der Waals surface area contributed by atoms with Crippen molar-refractivity contribution in [3.63, 3.8) is 0 Å². The molecule has 0 aliphatic carbocycles. The lowest BCUT2D eigenvalue weighted by Gasteiger charge is -2.15. The first-order chi connectivity index (χ1) is 10.5. The summed E-state index contributed by atoms with van der Waals surface area (Å²) in [6, 6.07) is 6.21. The van der Waals surface area contributed by atoms with Gasteiger partial charge in [-0.3, -0.25) is 16.0 Å². The number of aliphatic imine (C=N–C) groups is 1. The molecular weight excluding hydrogens is 306 g/mol. The summed E-state index contributed by atoms with van der Waals surface area (Å²) >= 11 is 0. The van der Waals surface area contributed by atoms with Crippen LogP contribution in [0.1, 0.15) is 12.0 Å². The zero-order chi connectivity index (χ0) is 16.1. The van der Waals surface area contributed by atoms with Crippen molar-refractivity contribution in [1.29, 1.82) is 0 Å². The third-order valence-corrected chi connectivity index (χ3v) is 4.34. The molecule has 0 bridgehead atoms. The first-order valence-corrected chi connectivity index (χ1v) is 7.83. The molecule has 1 aliphatic rings. The number of rotatable bonds is 7. The van der Waals surface area contributed by atoms with Crippen LogP contribution in [0.5, 0.6) is 0 Å². The van der Waals surface area contributed by atoms with Crippen molar-refractivity contribution in [2.24, 2.45) is 16.6 Å². The molecule has 0 saturated carbocycles. The highest BCUT2D eigenvalue weighted by molar-refractivity contribution is 8.03. The number of non-ortho nitro benzene ring substituents is 1. The summed E-state index contributed by atoms with van der Waals surface area (Å²) in [4.78, 5) is 14.3. The lowest BCUT2D eigenvalue weighted by atomic mass is 10.2. The van der Waals surface area contributed by atoms with E-state index in [2.05, 4.69) is 4.99 Å². The van der Waals surface area contributed by atoms with Crippen molar-refractivity contribution in [2.75, 3.05) is 13.1 Å². The number of hydrazine groups is 1.